The van der Waals surface area contributed by atoms with Crippen LogP contribution in [0.1, 0.15) is 29.3 Å². The number of amides is 1. The van der Waals surface area contributed by atoms with E-state index in [0.29, 0.717) is 5.56 Å². The van der Waals surface area contributed by atoms with Gasteiger partial charge in [-0.1, -0.05) is 24.6 Å². The second-order valence-corrected chi connectivity index (χ2v) is 7.07. The first-order valence-electron chi connectivity index (χ1n) is 8.89. The maximum Gasteiger partial charge on any atom is 0.408 e. The van der Waals surface area contributed by atoms with E-state index in [1.165, 1.54) is 31.2 Å². The van der Waals surface area contributed by atoms with Gasteiger partial charge in [0.1, 0.15) is 28.2 Å². The highest BCUT2D eigenvalue weighted by atomic mass is 35.5. The summed E-state index contributed by atoms with van der Waals surface area (Å²) in [5, 5.41) is 1.75. The SMILES string of the molecule is CCC(NC(=O)c1cn(-c2ccc(C)cc2F)c2nc(Cl)ccc2c1=O)C(F)(F)F. The molecular formula is C20H16ClF4N3O2. The largest absolute Gasteiger partial charge is 0.408 e. The van der Waals surface area contributed by atoms with Gasteiger partial charge in [-0.05, 0) is 43.2 Å². The molecule has 2 aromatic heterocycles. The molecule has 0 bridgehead atoms. The average Bonchev–Trinajstić information content (AvgIpc) is 2.66. The first kappa shape index (κ1) is 21.8. The van der Waals surface area contributed by atoms with Gasteiger partial charge in [-0.15, -0.1) is 0 Å². The number of carbonyl (C=O) groups excluding carboxylic acids is 1. The van der Waals surface area contributed by atoms with Crippen molar-refractivity contribution in [3.05, 3.63) is 68.8 Å². The summed E-state index contributed by atoms with van der Waals surface area (Å²) in [4.78, 5) is 29.4. The summed E-state index contributed by atoms with van der Waals surface area (Å²) >= 11 is 5.91. The Balaban J connectivity index is 2.24. The smallest absolute Gasteiger partial charge is 0.340 e. The van der Waals surface area contributed by atoms with Gasteiger partial charge in [-0.2, -0.15) is 13.2 Å². The molecule has 3 rings (SSSR count). The molecular weight excluding hydrogens is 426 g/mol. The van der Waals surface area contributed by atoms with E-state index in [1.807, 2.05) is 5.32 Å². The number of rotatable bonds is 4. The molecule has 3 aromatic rings. The third-order valence-electron chi connectivity index (χ3n) is 4.53. The third kappa shape index (κ3) is 4.16. The van der Waals surface area contributed by atoms with Crippen molar-refractivity contribution in [3.63, 3.8) is 0 Å². The highest BCUT2D eigenvalue weighted by molar-refractivity contribution is 6.29. The summed E-state index contributed by atoms with van der Waals surface area (Å²) < 4.78 is 54.9. The molecule has 0 spiro atoms. The second kappa shape index (κ2) is 8.06. The lowest BCUT2D eigenvalue weighted by molar-refractivity contribution is -0.153. The van der Waals surface area contributed by atoms with E-state index in [1.54, 1.807) is 13.0 Å². The minimum Gasteiger partial charge on any atom is -0.340 e. The molecule has 30 heavy (non-hydrogen) atoms. The topological polar surface area (TPSA) is 64.0 Å². The zero-order valence-electron chi connectivity index (χ0n) is 15.8. The number of benzene rings is 1. The molecule has 158 valence electrons. The number of aromatic nitrogens is 2. The normalized spacial score (nSPS) is 12.8. The zero-order chi connectivity index (χ0) is 22.2. The van der Waals surface area contributed by atoms with Gasteiger partial charge in [0.15, 0.2) is 0 Å². The van der Waals surface area contributed by atoms with Gasteiger partial charge in [0, 0.05) is 6.20 Å². The molecule has 1 aromatic carbocycles. The van der Waals surface area contributed by atoms with Gasteiger partial charge in [-0.3, -0.25) is 14.2 Å². The van der Waals surface area contributed by atoms with Crippen molar-refractivity contribution in [2.45, 2.75) is 32.5 Å². The molecule has 1 unspecified atom stereocenters. The highest BCUT2D eigenvalue weighted by Gasteiger charge is 2.39. The van der Waals surface area contributed by atoms with Crippen LogP contribution in [0.3, 0.4) is 0 Å². The number of halogens is 5. The lowest BCUT2D eigenvalue weighted by atomic mass is 10.1. The van der Waals surface area contributed by atoms with Crippen molar-refractivity contribution in [2.75, 3.05) is 0 Å². The number of hydrogen-bond donors (Lipinski definition) is 1. The van der Waals surface area contributed by atoms with Gasteiger partial charge >= 0.3 is 6.18 Å². The standard InChI is InChI=1S/C20H16ClF4N3O2/c1-3-15(20(23,24)25)26-19(30)12-9-28(14-6-4-10(2)8-13(14)22)18-11(17(12)29)5-7-16(21)27-18/h4-9,15H,3H2,1-2H3,(H,26,30). The van der Waals surface area contributed by atoms with Crippen LogP contribution < -0.4 is 10.7 Å². The van der Waals surface area contributed by atoms with Crippen molar-refractivity contribution in [1.29, 1.82) is 0 Å². The summed E-state index contributed by atoms with van der Waals surface area (Å²) in [7, 11) is 0. The molecule has 5 nitrogen and oxygen atoms in total. The zero-order valence-corrected chi connectivity index (χ0v) is 16.6. The fourth-order valence-corrected chi connectivity index (χ4v) is 3.13. The molecule has 10 heteroatoms. The predicted octanol–water partition coefficient (Wildman–Crippen LogP) is 4.56. The number of fused-ring (bicyclic) bond motifs is 1. The van der Waals surface area contributed by atoms with Crippen LogP contribution in [0, 0.1) is 12.7 Å². The van der Waals surface area contributed by atoms with Crippen LogP contribution in [0.4, 0.5) is 17.6 Å². The Hall–Kier alpha value is -2.94. The molecule has 0 aliphatic rings. The Labute approximate surface area is 173 Å². The summed E-state index contributed by atoms with van der Waals surface area (Å²) in [6.45, 7) is 2.93. The first-order chi connectivity index (χ1) is 14.0. The van der Waals surface area contributed by atoms with E-state index in [0.717, 1.165) is 10.8 Å². The predicted molar refractivity (Wildman–Crippen MR) is 105 cm³/mol. The molecule has 0 saturated carbocycles. The monoisotopic (exact) mass is 441 g/mol. The van der Waals surface area contributed by atoms with Gasteiger partial charge in [0.05, 0.1) is 11.1 Å². The Kier molecular flexibility index (Phi) is 5.85. The van der Waals surface area contributed by atoms with E-state index in [-0.39, 0.29) is 21.9 Å². The van der Waals surface area contributed by atoms with Crippen molar-refractivity contribution in [1.82, 2.24) is 14.9 Å². The van der Waals surface area contributed by atoms with Crippen molar-refractivity contribution < 1.29 is 22.4 Å². The molecule has 1 atom stereocenters. The molecule has 0 fully saturated rings. The Morgan fingerprint density at radius 3 is 2.57 bits per heavy atom. The lowest BCUT2D eigenvalue weighted by Crippen LogP contribution is -2.46. The number of carbonyl (C=O) groups is 1. The summed E-state index contributed by atoms with van der Waals surface area (Å²) in [5.74, 6) is -1.89. The minimum absolute atomic E-state index is 0.0171. The molecule has 0 aliphatic heterocycles. The number of nitrogens with one attached hydrogen (secondary N) is 1. The number of aryl methyl sites for hydroxylation is 1. The summed E-state index contributed by atoms with van der Waals surface area (Å²) in [6, 6.07) is 4.70. The maximum atomic E-state index is 14.6. The van der Waals surface area contributed by atoms with Gasteiger partial charge in [-0.25, -0.2) is 9.37 Å². The third-order valence-corrected chi connectivity index (χ3v) is 4.74. The average molecular weight is 442 g/mol. The number of alkyl halides is 3. The fourth-order valence-electron chi connectivity index (χ4n) is 2.98. The number of hydrogen-bond acceptors (Lipinski definition) is 3. The van der Waals surface area contributed by atoms with Crippen LogP contribution in [-0.4, -0.2) is 27.7 Å². The second-order valence-electron chi connectivity index (χ2n) is 6.68. The molecule has 0 saturated heterocycles. The molecule has 0 aliphatic carbocycles. The van der Waals surface area contributed by atoms with Crippen LogP contribution in [0.5, 0.6) is 0 Å². The minimum atomic E-state index is -4.68. The van der Waals surface area contributed by atoms with Gasteiger partial charge in [0.25, 0.3) is 5.91 Å². The summed E-state index contributed by atoms with van der Waals surface area (Å²) in [5.41, 5.74) is -0.866. The van der Waals surface area contributed by atoms with Crippen LogP contribution in [0.25, 0.3) is 16.7 Å². The van der Waals surface area contributed by atoms with E-state index in [2.05, 4.69) is 4.98 Å². The van der Waals surface area contributed by atoms with Crippen LogP contribution in [-0.2, 0) is 0 Å². The molecule has 2 heterocycles. The first-order valence-corrected chi connectivity index (χ1v) is 9.26. The van der Waals surface area contributed by atoms with E-state index >= 15 is 0 Å². The van der Waals surface area contributed by atoms with Crippen molar-refractivity contribution in [2.24, 2.45) is 0 Å². The van der Waals surface area contributed by atoms with Crippen LogP contribution in [0.2, 0.25) is 5.15 Å². The number of pyridine rings is 2. The quantitative estimate of drug-likeness (QED) is 0.477. The molecule has 1 amide bonds. The Morgan fingerprint density at radius 1 is 1.27 bits per heavy atom. The maximum absolute atomic E-state index is 14.6. The molecule has 1 N–H and O–H groups in total. The summed E-state index contributed by atoms with van der Waals surface area (Å²) in [6.07, 6.45) is -4.13. The van der Waals surface area contributed by atoms with Crippen molar-refractivity contribution in [3.8, 4) is 5.69 Å². The Morgan fingerprint density at radius 2 is 1.97 bits per heavy atom. The van der Waals surface area contributed by atoms with Crippen molar-refractivity contribution >= 4 is 28.5 Å². The van der Waals surface area contributed by atoms with E-state index in [9.17, 15) is 27.2 Å². The van der Waals surface area contributed by atoms with Gasteiger partial charge in [0.2, 0.25) is 5.43 Å². The fraction of sp³-hybridized carbons (Fsp3) is 0.250. The Bertz CT molecular complexity index is 1190. The molecule has 0 radical (unpaired) electrons. The van der Waals surface area contributed by atoms with E-state index < -0.39 is 41.4 Å². The lowest BCUT2D eigenvalue weighted by Gasteiger charge is -2.20. The van der Waals surface area contributed by atoms with Gasteiger partial charge < -0.3 is 5.32 Å². The van der Waals surface area contributed by atoms with E-state index in [4.69, 9.17) is 11.6 Å². The van der Waals surface area contributed by atoms with Crippen LogP contribution in [0.15, 0.2) is 41.3 Å². The highest BCUT2D eigenvalue weighted by Crippen LogP contribution is 2.24. The number of nitrogens with zero attached hydrogens (tertiary/aromatic N) is 2. The van der Waals surface area contributed by atoms with Crippen LogP contribution >= 0.6 is 11.6 Å².